The van der Waals surface area contributed by atoms with Crippen LogP contribution >= 0.6 is 0 Å². The number of fused-ring (bicyclic) bond motifs is 1. The van der Waals surface area contributed by atoms with Gasteiger partial charge in [-0.05, 0) is 62.1 Å². The minimum absolute atomic E-state index is 0.0286. The molecule has 0 bridgehead atoms. The van der Waals surface area contributed by atoms with Crippen molar-refractivity contribution in [1.29, 1.82) is 0 Å². The summed E-state index contributed by atoms with van der Waals surface area (Å²) < 4.78 is 5.42. The maximum absolute atomic E-state index is 13.4. The lowest BCUT2D eigenvalue weighted by Crippen LogP contribution is -2.52. The number of carbonyl (C=O) groups is 2. The molecule has 0 aromatic heterocycles. The second-order valence-electron chi connectivity index (χ2n) is 7.54. The summed E-state index contributed by atoms with van der Waals surface area (Å²) in [5.41, 5.74) is 2.63. The molecular formula is C23H28N2O3. The summed E-state index contributed by atoms with van der Waals surface area (Å²) >= 11 is 0. The molecule has 148 valence electrons. The van der Waals surface area contributed by atoms with Crippen LogP contribution in [0.15, 0.2) is 48.5 Å². The van der Waals surface area contributed by atoms with Crippen LogP contribution in [-0.2, 0) is 11.2 Å². The third-order valence-electron chi connectivity index (χ3n) is 5.09. The number of benzene rings is 2. The number of nitrogens with zero attached hydrogens (tertiary/aromatic N) is 1. The van der Waals surface area contributed by atoms with Gasteiger partial charge in [0.05, 0.1) is 6.61 Å². The molecule has 0 saturated heterocycles. The summed E-state index contributed by atoms with van der Waals surface area (Å²) in [4.78, 5) is 27.9. The Morgan fingerprint density at radius 1 is 1.14 bits per heavy atom. The standard InChI is InChI=1S/C23H28N2O3/c1-5-28-19-12-10-17(11-13-19)22(26)24-21(15(2)3)23(27)25-16(4)14-18-8-6-7-9-20(18)25/h6-13,15-16,21H,5,14H2,1-4H3,(H,24,26). The molecular weight excluding hydrogens is 352 g/mol. The Balaban J connectivity index is 1.78. The van der Waals surface area contributed by atoms with Crippen molar-refractivity contribution in [2.24, 2.45) is 5.92 Å². The first kappa shape index (κ1) is 19.9. The molecule has 5 nitrogen and oxygen atoms in total. The van der Waals surface area contributed by atoms with E-state index in [0.717, 1.165) is 17.9 Å². The van der Waals surface area contributed by atoms with Crippen LogP contribution in [0.3, 0.4) is 0 Å². The first-order chi connectivity index (χ1) is 13.4. The second kappa shape index (κ2) is 8.46. The third-order valence-corrected chi connectivity index (χ3v) is 5.09. The molecule has 0 fully saturated rings. The number of amides is 2. The molecule has 28 heavy (non-hydrogen) atoms. The van der Waals surface area contributed by atoms with Crippen LogP contribution in [0.5, 0.6) is 5.75 Å². The quantitative estimate of drug-likeness (QED) is 0.829. The molecule has 2 amide bonds. The van der Waals surface area contributed by atoms with Gasteiger partial charge in [0, 0.05) is 17.3 Å². The fraction of sp³-hybridized carbons (Fsp3) is 0.391. The predicted molar refractivity (Wildman–Crippen MR) is 111 cm³/mol. The van der Waals surface area contributed by atoms with Crippen molar-refractivity contribution in [1.82, 2.24) is 5.32 Å². The van der Waals surface area contributed by atoms with Crippen LogP contribution in [0.25, 0.3) is 0 Å². The van der Waals surface area contributed by atoms with Crippen molar-refractivity contribution in [2.45, 2.75) is 46.2 Å². The van der Waals surface area contributed by atoms with Gasteiger partial charge in [-0.25, -0.2) is 0 Å². The average molecular weight is 380 g/mol. The fourth-order valence-electron chi connectivity index (χ4n) is 3.66. The van der Waals surface area contributed by atoms with Gasteiger partial charge >= 0.3 is 0 Å². The molecule has 0 radical (unpaired) electrons. The number of anilines is 1. The number of ether oxygens (including phenoxy) is 1. The van der Waals surface area contributed by atoms with Gasteiger partial charge in [0.1, 0.15) is 11.8 Å². The Kier molecular flexibility index (Phi) is 6.02. The molecule has 0 spiro atoms. The van der Waals surface area contributed by atoms with Crippen molar-refractivity contribution < 1.29 is 14.3 Å². The van der Waals surface area contributed by atoms with Gasteiger partial charge in [0.2, 0.25) is 5.91 Å². The van der Waals surface area contributed by atoms with Crippen LogP contribution < -0.4 is 15.0 Å². The highest BCUT2D eigenvalue weighted by Gasteiger charge is 2.36. The van der Waals surface area contributed by atoms with Crippen molar-refractivity contribution >= 4 is 17.5 Å². The molecule has 0 aliphatic carbocycles. The van der Waals surface area contributed by atoms with Crippen molar-refractivity contribution in [2.75, 3.05) is 11.5 Å². The minimum Gasteiger partial charge on any atom is -0.494 e. The topological polar surface area (TPSA) is 58.6 Å². The van der Waals surface area contributed by atoms with Crippen LogP contribution in [0, 0.1) is 5.92 Å². The molecule has 1 N–H and O–H groups in total. The van der Waals surface area contributed by atoms with Gasteiger partial charge in [-0.1, -0.05) is 32.0 Å². The van der Waals surface area contributed by atoms with Gasteiger partial charge in [0.15, 0.2) is 0 Å². The third kappa shape index (κ3) is 4.03. The zero-order valence-corrected chi connectivity index (χ0v) is 16.9. The first-order valence-corrected chi connectivity index (χ1v) is 9.87. The van der Waals surface area contributed by atoms with Crippen molar-refractivity contribution in [3.63, 3.8) is 0 Å². The minimum atomic E-state index is -0.590. The number of para-hydroxylation sites is 1. The molecule has 3 rings (SSSR count). The van der Waals surface area contributed by atoms with Crippen molar-refractivity contribution in [3.05, 3.63) is 59.7 Å². The van der Waals surface area contributed by atoms with Crippen LogP contribution in [0.2, 0.25) is 0 Å². The van der Waals surface area contributed by atoms with E-state index in [1.807, 2.05) is 50.8 Å². The Morgan fingerprint density at radius 2 is 1.82 bits per heavy atom. The SMILES string of the molecule is CCOc1ccc(C(=O)NC(C(=O)N2c3ccccc3CC2C)C(C)C)cc1. The predicted octanol–water partition coefficient (Wildman–Crippen LogP) is 3.82. The summed E-state index contributed by atoms with van der Waals surface area (Å²) in [7, 11) is 0. The summed E-state index contributed by atoms with van der Waals surface area (Å²) in [6.45, 7) is 8.44. The lowest BCUT2D eigenvalue weighted by atomic mass is 10.0. The first-order valence-electron chi connectivity index (χ1n) is 9.87. The number of carbonyl (C=O) groups excluding carboxylic acids is 2. The molecule has 1 heterocycles. The highest BCUT2D eigenvalue weighted by Crippen LogP contribution is 2.32. The van der Waals surface area contributed by atoms with E-state index in [1.54, 1.807) is 24.3 Å². The van der Waals surface area contributed by atoms with Gasteiger partial charge < -0.3 is 15.0 Å². The number of hydrogen-bond acceptors (Lipinski definition) is 3. The lowest BCUT2D eigenvalue weighted by Gasteiger charge is -2.30. The zero-order valence-electron chi connectivity index (χ0n) is 16.9. The second-order valence-corrected chi connectivity index (χ2v) is 7.54. The molecule has 2 aromatic carbocycles. The monoisotopic (exact) mass is 380 g/mol. The van der Waals surface area contributed by atoms with Crippen LogP contribution in [0.4, 0.5) is 5.69 Å². The van der Waals surface area contributed by atoms with Crippen LogP contribution in [-0.4, -0.2) is 30.5 Å². The van der Waals surface area contributed by atoms with E-state index in [0.29, 0.717) is 12.2 Å². The maximum atomic E-state index is 13.4. The molecule has 1 aliphatic rings. The van der Waals surface area contributed by atoms with E-state index in [2.05, 4.69) is 11.4 Å². The highest BCUT2D eigenvalue weighted by atomic mass is 16.5. The summed E-state index contributed by atoms with van der Waals surface area (Å²) in [5.74, 6) is 0.374. The van der Waals surface area contributed by atoms with Crippen LogP contribution in [0.1, 0.15) is 43.6 Å². The fourth-order valence-corrected chi connectivity index (χ4v) is 3.66. The van der Waals surface area contributed by atoms with E-state index in [4.69, 9.17) is 4.74 Å². The molecule has 5 heteroatoms. The number of rotatable bonds is 6. The lowest BCUT2D eigenvalue weighted by molar-refractivity contribution is -0.121. The number of hydrogen-bond donors (Lipinski definition) is 1. The van der Waals surface area contributed by atoms with E-state index >= 15 is 0 Å². The smallest absolute Gasteiger partial charge is 0.251 e. The van der Waals surface area contributed by atoms with E-state index < -0.39 is 6.04 Å². The Labute approximate surface area is 166 Å². The largest absolute Gasteiger partial charge is 0.494 e. The van der Waals surface area contributed by atoms with Crippen molar-refractivity contribution in [3.8, 4) is 5.75 Å². The van der Waals surface area contributed by atoms with E-state index in [1.165, 1.54) is 5.56 Å². The molecule has 1 aliphatic heterocycles. The van der Waals surface area contributed by atoms with Gasteiger partial charge in [-0.15, -0.1) is 0 Å². The Hall–Kier alpha value is -2.82. The molecule has 2 aromatic rings. The van der Waals surface area contributed by atoms with Gasteiger partial charge in [-0.2, -0.15) is 0 Å². The van der Waals surface area contributed by atoms with E-state index in [-0.39, 0.29) is 23.8 Å². The summed E-state index contributed by atoms with van der Waals surface area (Å²) in [5, 5.41) is 2.94. The molecule has 2 atom stereocenters. The van der Waals surface area contributed by atoms with E-state index in [9.17, 15) is 9.59 Å². The summed E-state index contributed by atoms with van der Waals surface area (Å²) in [6, 6.07) is 14.4. The molecule has 0 saturated carbocycles. The Morgan fingerprint density at radius 3 is 2.46 bits per heavy atom. The van der Waals surface area contributed by atoms with Gasteiger partial charge in [-0.3, -0.25) is 9.59 Å². The highest BCUT2D eigenvalue weighted by molar-refractivity contribution is 6.03. The Bertz CT molecular complexity index is 845. The van der Waals surface area contributed by atoms with Gasteiger partial charge in [0.25, 0.3) is 5.91 Å². The zero-order chi connectivity index (χ0) is 20.3. The number of nitrogens with one attached hydrogen (secondary N) is 1. The maximum Gasteiger partial charge on any atom is 0.251 e. The molecule has 2 unspecified atom stereocenters. The summed E-state index contributed by atoms with van der Waals surface area (Å²) in [6.07, 6.45) is 0.833. The normalized spacial score (nSPS) is 16.6. The average Bonchev–Trinajstić information content (AvgIpc) is 3.01.